The predicted molar refractivity (Wildman–Crippen MR) is 91.4 cm³/mol. The fourth-order valence-corrected chi connectivity index (χ4v) is 3.06. The standard InChI is InChI=1S/C16H26N4O2S/c1-16(2,3)22-15(21)20-8-5-12(11-20)9-17-10-13-14(23-4)19-7-6-18-13/h6-7,12,17H,5,8-11H2,1-4H3. The van der Waals surface area contributed by atoms with Crippen LogP contribution in [0, 0.1) is 5.92 Å². The van der Waals surface area contributed by atoms with Crippen LogP contribution in [0.3, 0.4) is 0 Å². The van der Waals surface area contributed by atoms with E-state index in [4.69, 9.17) is 4.74 Å². The molecule has 7 heteroatoms. The Bertz CT molecular complexity index is 533. The second kappa shape index (κ2) is 7.97. The zero-order chi connectivity index (χ0) is 16.9. The molecule has 1 unspecified atom stereocenters. The van der Waals surface area contributed by atoms with Crippen LogP contribution in [0.15, 0.2) is 17.4 Å². The summed E-state index contributed by atoms with van der Waals surface area (Å²) in [4.78, 5) is 22.5. The number of nitrogens with zero attached hydrogens (tertiary/aromatic N) is 3. The van der Waals surface area contributed by atoms with Crippen LogP contribution in [0.2, 0.25) is 0 Å². The third-order valence-electron chi connectivity index (χ3n) is 3.59. The topological polar surface area (TPSA) is 67.4 Å². The summed E-state index contributed by atoms with van der Waals surface area (Å²) < 4.78 is 5.42. The zero-order valence-corrected chi connectivity index (χ0v) is 15.2. The van der Waals surface area contributed by atoms with Crippen molar-refractivity contribution in [2.75, 3.05) is 25.9 Å². The lowest BCUT2D eigenvalue weighted by Crippen LogP contribution is -2.36. The predicted octanol–water partition coefficient (Wildman–Crippen LogP) is 2.55. The summed E-state index contributed by atoms with van der Waals surface area (Å²) in [5.74, 6) is 0.455. The van der Waals surface area contributed by atoms with Crippen molar-refractivity contribution in [2.24, 2.45) is 5.92 Å². The van der Waals surface area contributed by atoms with E-state index in [9.17, 15) is 4.79 Å². The van der Waals surface area contributed by atoms with Crippen LogP contribution in [-0.4, -0.2) is 52.5 Å². The Morgan fingerprint density at radius 2 is 2.17 bits per heavy atom. The smallest absolute Gasteiger partial charge is 0.410 e. The average Bonchev–Trinajstić information content (AvgIpc) is 2.95. The van der Waals surface area contributed by atoms with Gasteiger partial charge in [-0.2, -0.15) is 0 Å². The molecule has 1 amide bonds. The molecule has 1 fully saturated rings. The van der Waals surface area contributed by atoms with Crippen molar-refractivity contribution in [1.29, 1.82) is 0 Å². The molecular weight excluding hydrogens is 312 g/mol. The molecule has 0 radical (unpaired) electrons. The molecule has 1 saturated heterocycles. The number of ether oxygens (including phenoxy) is 1. The van der Waals surface area contributed by atoms with Crippen LogP contribution in [0.25, 0.3) is 0 Å². The largest absolute Gasteiger partial charge is 0.444 e. The Balaban J connectivity index is 1.75. The summed E-state index contributed by atoms with van der Waals surface area (Å²) in [5, 5.41) is 4.39. The first-order valence-corrected chi connectivity index (χ1v) is 9.14. The monoisotopic (exact) mass is 338 g/mol. The van der Waals surface area contributed by atoms with Crippen molar-refractivity contribution in [3.63, 3.8) is 0 Å². The molecule has 1 N–H and O–H groups in total. The van der Waals surface area contributed by atoms with Gasteiger partial charge in [0.05, 0.1) is 5.69 Å². The van der Waals surface area contributed by atoms with Crippen LogP contribution < -0.4 is 5.32 Å². The number of carbonyl (C=O) groups excluding carboxylic acids is 1. The molecule has 0 aromatic carbocycles. The third-order valence-corrected chi connectivity index (χ3v) is 4.32. The van der Waals surface area contributed by atoms with Crippen LogP contribution in [0.4, 0.5) is 4.79 Å². The number of aromatic nitrogens is 2. The second-order valence-corrected chi connectivity index (χ2v) is 7.52. The van der Waals surface area contributed by atoms with Crippen LogP contribution >= 0.6 is 11.8 Å². The maximum Gasteiger partial charge on any atom is 0.410 e. The van der Waals surface area contributed by atoms with Gasteiger partial charge >= 0.3 is 6.09 Å². The molecule has 2 rings (SSSR count). The van der Waals surface area contributed by atoms with Crippen LogP contribution in [0.1, 0.15) is 32.9 Å². The molecule has 128 valence electrons. The van der Waals surface area contributed by atoms with E-state index >= 15 is 0 Å². The van der Waals surface area contributed by atoms with Gasteiger partial charge in [0.25, 0.3) is 0 Å². The maximum atomic E-state index is 12.0. The molecule has 0 saturated carbocycles. The molecule has 0 spiro atoms. The van der Waals surface area contributed by atoms with Crippen molar-refractivity contribution >= 4 is 17.9 Å². The third kappa shape index (κ3) is 5.66. The molecule has 0 bridgehead atoms. The van der Waals surface area contributed by atoms with E-state index in [1.807, 2.05) is 27.0 Å². The van der Waals surface area contributed by atoms with Gasteiger partial charge in [-0.3, -0.25) is 4.98 Å². The normalized spacial score (nSPS) is 18.3. The lowest BCUT2D eigenvalue weighted by Gasteiger charge is -2.24. The zero-order valence-electron chi connectivity index (χ0n) is 14.3. The number of amides is 1. The van der Waals surface area contributed by atoms with Crippen LogP contribution in [0.5, 0.6) is 0 Å². The summed E-state index contributed by atoms with van der Waals surface area (Å²) in [5.41, 5.74) is 0.537. The summed E-state index contributed by atoms with van der Waals surface area (Å²) in [6.45, 7) is 8.76. The highest BCUT2D eigenvalue weighted by Crippen LogP contribution is 2.19. The molecule has 2 heterocycles. The second-order valence-electron chi connectivity index (χ2n) is 6.72. The van der Waals surface area contributed by atoms with E-state index in [1.165, 1.54) is 0 Å². The van der Waals surface area contributed by atoms with Gasteiger partial charge in [0.15, 0.2) is 0 Å². The number of hydrogen-bond acceptors (Lipinski definition) is 6. The van der Waals surface area contributed by atoms with Gasteiger partial charge in [-0.1, -0.05) is 0 Å². The van der Waals surface area contributed by atoms with Crippen molar-refractivity contribution in [3.05, 3.63) is 18.1 Å². The average molecular weight is 338 g/mol. The minimum atomic E-state index is -0.437. The SMILES string of the molecule is CSc1nccnc1CNCC1CCN(C(=O)OC(C)(C)C)C1. The molecule has 0 aliphatic carbocycles. The van der Waals surface area contributed by atoms with Crippen molar-refractivity contribution in [2.45, 2.75) is 44.4 Å². The molecule has 1 aliphatic heterocycles. The summed E-state index contributed by atoms with van der Waals surface area (Å²) in [6, 6.07) is 0. The van der Waals surface area contributed by atoms with Gasteiger partial charge in [0.1, 0.15) is 10.6 Å². The quantitative estimate of drug-likeness (QED) is 0.832. The minimum Gasteiger partial charge on any atom is -0.444 e. The van der Waals surface area contributed by atoms with Crippen molar-refractivity contribution in [3.8, 4) is 0 Å². The van der Waals surface area contributed by atoms with E-state index < -0.39 is 5.60 Å². The molecule has 6 nitrogen and oxygen atoms in total. The molecular formula is C16H26N4O2S. The lowest BCUT2D eigenvalue weighted by molar-refractivity contribution is 0.0288. The number of likely N-dealkylation sites (tertiary alicyclic amines) is 1. The summed E-state index contributed by atoms with van der Waals surface area (Å²) in [7, 11) is 0. The fourth-order valence-electron chi connectivity index (χ4n) is 2.53. The van der Waals surface area contributed by atoms with Gasteiger partial charge in [0, 0.05) is 38.6 Å². The van der Waals surface area contributed by atoms with Crippen LogP contribution in [-0.2, 0) is 11.3 Å². The Morgan fingerprint density at radius 1 is 1.43 bits per heavy atom. The lowest BCUT2D eigenvalue weighted by atomic mass is 10.1. The van der Waals surface area contributed by atoms with Gasteiger partial charge in [-0.15, -0.1) is 11.8 Å². The Kier molecular flexibility index (Phi) is 6.24. The highest BCUT2D eigenvalue weighted by molar-refractivity contribution is 7.98. The van der Waals surface area contributed by atoms with Gasteiger partial charge < -0.3 is 15.0 Å². The Hall–Kier alpha value is -1.34. The molecule has 1 aliphatic rings. The van der Waals surface area contributed by atoms with E-state index in [0.29, 0.717) is 12.5 Å². The molecule has 23 heavy (non-hydrogen) atoms. The maximum absolute atomic E-state index is 12.0. The highest BCUT2D eigenvalue weighted by Gasteiger charge is 2.29. The molecule has 1 aromatic heterocycles. The summed E-state index contributed by atoms with van der Waals surface area (Å²) in [6.07, 6.45) is 6.23. The van der Waals surface area contributed by atoms with E-state index in [2.05, 4.69) is 15.3 Å². The van der Waals surface area contributed by atoms with E-state index in [1.54, 1.807) is 29.1 Å². The number of nitrogens with one attached hydrogen (secondary N) is 1. The van der Waals surface area contributed by atoms with Crippen molar-refractivity contribution < 1.29 is 9.53 Å². The molecule has 1 atom stereocenters. The number of hydrogen-bond donors (Lipinski definition) is 1. The Morgan fingerprint density at radius 3 is 2.87 bits per heavy atom. The van der Waals surface area contributed by atoms with Gasteiger partial charge in [-0.05, 0) is 39.4 Å². The first kappa shape index (κ1) is 18.0. The first-order valence-electron chi connectivity index (χ1n) is 7.91. The van der Waals surface area contributed by atoms with E-state index in [-0.39, 0.29) is 6.09 Å². The number of carbonyl (C=O) groups is 1. The number of thioether (sulfide) groups is 1. The first-order chi connectivity index (χ1) is 10.9. The van der Waals surface area contributed by atoms with Gasteiger partial charge in [0.2, 0.25) is 0 Å². The van der Waals surface area contributed by atoms with Gasteiger partial charge in [-0.25, -0.2) is 9.78 Å². The highest BCUT2D eigenvalue weighted by atomic mass is 32.2. The number of rotatable bonds is 5. The summed E-state index contributed by atoms with van der Waals surface area (Å²) >= 11 is 1.60. The van der Waals surface area contributed by atoms with Crippen molar-refractivity contribution in [1.82, 2.24) is 20.2 Å². The Labute approximate surface area is 142 Å². The molecule has 1 aromatic rings. The minimum absolute atomic E-state index is 0.210. The fraction of sp³-hybridized carbons (Fsp3) is 0.688. The van der Waals surface area contributed by atoms with E-state index in [0.717, 1.165) is 36.8 Å².